The first-order valence-corrected chi connectivity index (χ1v) is 16.1. The molecule has 8 nitrogen and oxygen atoms in total. The number of para-hydroxylation sites is 2. The summed E-state index contributed by atoms with van der Waals surface area (Å²) in [4.78, 5) is 29.2. The highest BCUT2D eigenvalue weighted by Gasteiger charge is 2.31. The molecule has 0 aromatic heterocycles. The van der Waals surface area contributed by atoms with Crippen molar-refractivity contribution in [1.82, 2.24) is 10.2 Å². The summed E-state index contributed by atoms with van der Waals surface area (Å²) < 4.78 is 32.1. The summed E-state index contributed by atoms with van der Waals surface area (Å²) in [6.45, 7) is 6.90. The third kappa shape index (κ3) is 9.62. The fourth-order valence-corrected chi connectivity index (χ4v) is 5.65. The van der Waals surface area contributed by atoms with Gasteiger partial charge in [0.2, 0.25) is 21.8 Å². The Morgan fingerprint density at radius 2 is 1.55 bits per heavy atom. The van der Waals surface area contributed by atoms with Crippen molar-refractivity contribution in [2.24, 2.45) is 5.92 Å². The van der Waals surface area contributed by atoms with E-state index in [9.17, 15) is 18.0 Å². The summed E-state index contributed by atoms with van der Waals surface area (Å²) in [5, 5.41) is 3.03. The maximum absolute atomic E-state index is 13.9. The molecular formula is C33H43N3O5S. The Morgan fingerprint density at radius 3 is 2.17 bits per heavy atom. The van der Waals surface area contributed by atoms with E-state index in [1.807, 2.05) is 75.4 Å². The van der Waals surface area contributed by atoms with Crippen molar-refractivity contribution in [3.63, 3.8) is 0 Å². The van der Waals surface area contributed by atoms with Crippen molar-refractivity contribution in [1.29, 1.82) is 0 Å². The van der Waals surface area contributed by atoms with E-state index in [0.29, 0.717) is 24.4 Å². The number of nitrogens with zero attached hydrogens (tertiary/aromatic N) is 2. The van der Waals surface area contributed by atoms with Gasteiger partial charge in [-0.15, -0.1) is 0 Å². The Balaban J connectivity index is 1.89. The van der Waals surface area contributed by atoms with Crippen LogP contribution in [0.15, 0.2) is 78.9 Å². The molecule has 1 unspecified atom stereocenters. The molecule has 2 amide bonds. The molecule has 0 aliphatic rings. The van der Waals surface area contributed by atoms with Crippen LogP contribution < -0.4 is 14.4 Å². The van der Waals surface area contributed by atoms with E-state index in [1.165, 1.54) is 11.4 Å². The number of benzene rings is 3. The van der Waals surface area contributed by atoms with Crippen LogP contribution >= 0.6 is 0 Å². The van der Waals surface area contributed by atoms with Crippen molar-refractivity contribution in [2.75, 3.05) is 30.8 Å². The zero-order chi connectivity index (χ0) is 30.7. The lowest BCUT2D eigenvalue weighted by Gasteiger charge is -2.32. The molecule has 42 heavy (non-hydrogen) atoms. The Hall–Kier alpha value is -3.85. The predicted molar refractivity (Wildman–Crippen MR) is 168 cm³/mol. The third-order valence-corrected chi connectivity index (χ3v) is 8.12. The fourth-order valence-electron chi connectivity index (χ4n) is 4.68. The van der Waals surface area contributed by atoms with Crippen LogP contribution in [0.3, 0.4) is 0 Å². The molecule has 0 radical (unpaired) electrons. The van der Waals surface area contributed by atoms with Gasteiger partial charge in [-0.2, -0.15) is 0 Å². The standard InChI is InChI=1S/C33H43N3O5S/c1-25(2)23-34-33(38)30(22-27-12-7-6-8-13-27)35(24-28-19-17-26(3)18-20-28)32(37)16-11-21-36(42(5,39)40)29-14-9-10-15-31(29)41-4/h6-10,12-15,17-20,25,30H,11,16,21-24H2,1-5H3,(H,34,38). The van der Waals surface area contributed by atoms with Crippen molar-refractivity contribution in [2.45, 2.75) is 52.6 Å². The number of sulfonamides is 1. The first-order valence-electron chi connectivity index (χ1n) is 14.3. The highest BCUT2D eigenvalue weighted by molar-refractivity contribution is 7.92. The normalized spacial score (nSPS) is 12.0. The Labute approximate surface area is 250 Å². The highest BCUT2D eigenvalue weighted by atomic mass is 32.2. The number of methoxy groups -OCH3 is 1. The minimum Gasteiger partial charge on any atom is -0.495 e. The molecule has 3 aromatic rings. The van der Waals surface area contributed by atoms with Crippen LogP contribution in [-0.4, -0.2) is 57.6 Å². The van der Waals surface area contributed by atoms with Crippen molar-refractivity contribution in [3.05, 3.63) is 95.6 Å². The van der Waals surface area contributed by atoms with Gasteiger partial charge in [0.05, 0.1) is 19.1 Å². The van der Waals surface area contributed by atoms with Gasteiger partial charge in [0.1, 0.15) is 11.8 Å². The minimum atomic E-state index is -3.64. The van der Waals surface area contributed by atoms with E-state index in [-0.39, 0.29) is 43.7 Å². The average molecular weight is 594 g/mol. The van der Waals surface area contributed by atoms with Crippen molar-refractivity contribution < 1.29 is 22.7 Å². The molecule has 0 saturated carbocycles. The average Bonchev–Trinajstić information content (AvgIpc) is 2.96. The summed E-state index contributed by atoms with van der Waals surface area (Å²) >= 11 is 0. The number of hydrogen-bond donors (Lipinski definition) is 1. The number of rotatable bonds is 15. The molecule has 0 bridgehead atoms. The number of aryl methyl sites for hydroxylation is 1. The second kappa shape index (κ2) is 15.4. The molecule has 0 fully saturated rings. The summed E-state index contributed by atoms with van der Waals surface area (Å²) in [6.07, 6.45) is 1.83. The van der Waals surface area contributed by atoms with Crippen LogP contribution in [0.1, 0.15) is 43.4 Å². The van der Waals surface area contributed by atoms with Gasteiger partial charge in [0, 0.05) is 32.5 Å². The van der Waals surface area contributed by atoms with Crippen LogP contribution in [-0.2, 0) is 32.6 Å². The minimum absolute atomic E-state index is 0.0653. The van der Waals surface area contributed by atoms with E-state index < -0.39 is 16.1 Å². The van der Waals surface area contributed by atoms with E-state index in [2.05, 4.69) is 5.32 Å². The van der Waals surface area contributed by atoms with Crippen LogP contribution in [0, 0.1) is 12.8 Å². The zero-order valence-corrected chi connectivity index (χ0v) is 26.1. The molecule has 0 aliphatic carbocycles. The zero-order valence-electron chi connectivity index (χ0n) is 25.2. The van der Waals surface area contributed by atoms with Crippen LogP contribution in [0.2, 0.25) is 0 Å². The number of nitrogens with one attached hydrogen (secondary N) is 1. The smallest absolute Gasteiger partial charge is 0.243 e. The molecule has 0 heterocycles. The number of anilines is 1. The largest absolute Gasteiger partial charge is 0.495 e. The lowest BCUT2D eigenvalue weighted by atomic mass is 10.0. The molecule has 1 atom stereocenters. The van der Waals surface area contributed by atoms with Crippen LogP contribution in [0.5, 0.6) is 5.75 Å². The van der Waals surface area contributed by atoms with Gasteiger partial charge in [-0.1, -0.05) is 86.1 Å². The molecule has 0 saturated heterocycles. The molecule has 226 valence electrons. The van der Waals surface area contributed by atoms with E-state index in [4.69, 9.17) is 4.74 Å². The SMILES string of the molecule is COc1ccccc1N(CCCC(=O)N(Cc1ccc(C)cc1)C(Cc1ccccc1)C(=O)NCC(C)C)S(C)(=O)=O. The number of ether oxygens (including phenoxy) is 1. The summed E-state index contributed by atoms with van der Waals surface area (Å²) in [7, 11) is -2.15. The maximum atomic E-state index is 13.9. The van der Waals surface area contributed by atoms with Crippen molar-refractivity contribution in [3.8, 4) is 5.75 Å². The number of carbonyl (C=O) groups excluding carboxylic acids is 2. The van der Waals surface area contributed by atoms with E-state index in [0.717, 1.165) is 22.9 Å². The molecule has 3 rings (SSSR count). The lowest BCUT2D eigenvalue weighted by Crippen LogP contribution is -2.51. The van der Waals surface area contributed by atoms with Gasteiger partial charge in [-0.3, -0.25) is 13.9 Å². The van der Waals surface area contributed by atoms with Gasteiger partial charge >= 0.3 is 0 Å². The number of carbonyl (C=O) groups is 2. The number of amides is 2. The van der Waals surface area contributed by atoms with Crippen LogP contribution in [0.4, 0.5) is 5.69 Å². The van der Waals surface area contributed by atoms with Gasteiger partial charge in [-0.25, -0.2) is 8.42 Å². The van der Waals surface area contributed by atoms with E-state index in [1.54, 1.807) is 29.2 Å². The van der Waals surface area contributed by atoms with Gasteiger partial charge < -0.3 is 15.0 Å². The Kier molecular flexibility index (Phi) is 12.0. The van der Waals surface area contributed by atoms with Crippen molar-refractivity contribution >= 4 is 27.5 Å². The van der Waals surface area contributed by atoms with Gasteiger partial charge in [-0.05, 0) is 42.5 Å². The fraction of sp³-hybridized carbons (Fsp3) is 0.394. The summed E-state index contributed by atoms with van der Waals surface area (Å²) in [5.74, 6) is 0.258. The molecule has 3 aromatic carbocycles. The summed E-state index contributed by atoms with van der Waals surface area (Å²) in [6, 6.07) is 23.7. The number of hydrogen-bond acceptors (Lipinski definition) is 5. The maximum Gasteiger partial charge on any atom is 0.243 e. The first kappa shape index (κ1) is 32.7. The molecule has 1 N–H and O–H groups in total. The quantitative estimate of drug-likeness (QED) is 0.269. The molecular weight excluding hydrogens is 550 g/mol. The second-order valence-electron chi connectivity index (χ2n) is 11.0. The highest BCUT2D eigenvalue weighted by Crippen LogP contribution is 2.30. The second-order valence-corrected chi connectivity index (χ2v) is 12.9. The van der Waals surface area contributed by atoms with Gasteiger partial charge in [0.15, 0.2) is 0 Å². The van der Waals surface area contributed by atoms with Gasteiger partial charge in [0.25, 0.3) is 0 Å². The Bertz CT molecular complexity index is 1410. The first-order chi connectivity index (χ1) is 20.0. The molecule has 9 heteroatoms. The van der Waals surface area contributed by atoms with E-state index >= 15 is 0 Å². The lowest BCUT2D eigenvalue weighted by molar-refractivity contribution is -0.141. The molecule has 0 aliphatic heterocycles. The molecule has 0 spiro atoms. The monoisotopic (exact) mass is 593 g/mol. The topological polar surface area (TPSA) is 96.0 Å². The Morgan fingerprint density at radius 1 is 0.905 bits per heavy atom. The predicted octanol–water partition coefficient (Wildman–Crippen LogP) is 4.96. The summed E-state index contributed by atoms with van der Waals surface area (Å²) in [5.41, 5.74) is 3.38. The van der Waals surface area contributed by atoms with Crippen LogP contribution in [0.25, 0.3) is 0 Å². The third-order valence-electron chi connectivity index (χ3n) is 6.94.